The summed E-state index contributed by atoms with van der Waals surface area (Å²) in [5.41, 5.74) is 0.350. The van der Waals surface area contributed by atoms with Gasteiger partial charge in [0.15, 0.2) is 17.5 Å². The monoisotopic (exact) mass is 298 g/mol. The van der Waals surface area contributed by atoms with Crippen molar-refractivity contribution in [3.63, 3.8) is 0 Å². The molecule has 1 N–H and O–H groups in total. The molecule has 2 rings (SSSR count). The van der Waals surface area contributed by atoms with Crippen LogP contribution in [0.1, 0.15) is 17.4 Å². The van der Waals surface area contributed by atoms with E-state index in [0.717, 1.165) is 17.9 Å². The Hall–Kier alpha value is -1.79. The van der Waals surface area contributed by atoms with Crippen LogP contribution in [-0.4, -0.2) is 25.5 Å². The van der Waals surface area contributed by atoms with E-state index < -0.39 is 17.5 Å². The molecule has 114 valence electrons. The molecule has 0 aliphatic heterocycles. The fourth-order valence-electron chi connectivity index (χ4n) is 2.08. The number of hydrogen-bond acceptors (Lipinski definition) is 3. The lowest BCUT2D eigenvalue weighted by Crippen LogP contribution is -2.30. The number of hydrogen-bond donors (Lipinski definition) is 1. The summed E-state index contributed by atoms with van der Waals surface area (Å²) in [7, 11) is 3.82. The van der Waals surface area contributed by atoms with Crippen LogP contribution in [0.4, 0.5) is 13.2 Å². The number of halogens is 3. The van der Waals surface area contributed by atoms with Crippen molar-refractivity contribution < 1.29 is 17.6 Å². The van der Waals surface area contributed by atoms with Gasteiger partial charge in [-0.2, -0.15) is 0 Å². The zero-order valence-corrected chi connectivity index (χ0v) is 11.9. The summed E-state index contributed by atoms with van der Waals surface area (Å²) in [5.74, 6) is -3.01. The highest BCUT2D eigenvalue weighted by molar-refractivity contribution is 5.19. The number of nitrogens with zero attached hydrogens (tertiary/aromatic N) is 1. The van der Waals surface area contributed by atoms with E-state index in [2.05, 4.69) is 5.32 Å². The first-order valence-electron chi connectivity index (χ1n) is 6.53. The van der Waals surface area contributed by atoms with Crippen molar-refractivity contribution in [2.75, 3.05) is 20.6 Å². The van der Waals surface area contributed by atoms with Gasteiger partial charge in [0.1, 0.15) is 5.76 Å². The summed E-state index contributed by atoms with van der Waals surface area (Å²) in [6.45, 7) is 0.764. The molecule has 1 aromatic heterocycles. The lowest BCUT2D eigenvalue weighted by atomic mass is 10.1. The third-order valence-corrected chi connectivity index (χ3v) is 3.21. The van der Waals surface area contributed by atoms with Gasteiger partial charge in [-0.25, -0.2) is 13.2 Å². The van der Waals surface area contributed by atoms with Crippen LogP contribution in [0.3, 0.4) is 0 Å². The van der Waals surface area contributed by atoms with Gasteiger partial charge in [0.05, 0.1) is 12.3 Å². The maximum Gasteiger partial charge on any atom is 0.194 e. The van der Waals surface area contributed by atoms with Crippen LogP contribution in [0.2, 0.25) is 0 Å². The van der Waals surface area contributed by atoms with E-state index in [1.807, 2.05) is 25.1 Å². The third-order valence-electron chi connectivity index (χ3n) is 3.21. The molecular formula is C15H17F3N2O. The van der Waals surface area contributed by atoms with Gasteiger partial charge in [0.2, 0.25) is 0 Å². The Kier molecular flexibility index (Phi) is 5.03. The highest BCUT2D eigenvalue weighted by Gasteiger charge is 2.16. The fourth-order valence-corrected chi connectivity index (χ4v) is 2.08. The van der Waals surface area contributed by atoms with Gasteiger partial charge < -0.3 is 9.73 Å². The number of furan rings is 1. The first kappa shape index (κ1) is 15.6. The third kappa shape index (κ3) is 3.86. The van der Waals surface area contributed by atoms with Crippen molar-refractivity contribution in [2.45, 2.75) is 12.6 Å². The van der Waals surface area contributed by atoms with Crippen LogP contribution >= 0.6 is 0 Å². The predicted molar refractivity (Wildman–Crippen MR) is 73.2 cm³/mol. The molecule has 0 bridgehead atoms. The molecule has 0 amide bonds. The molecule has 0 unspecified atom stereocenters. The maximum absolute atomic E-state index is 13.1. The average Bonchev–Trinajstić information content (AvgIpc) is 2.94. The minimum Gasteiger partial charge on any atom is -0.468 e. The zero-order chi connectivity index (χ0) is 15.4. The van der Waals surface area contributed by atoms with Crippen LogP contribution < -0.4 is 5.32 Å². The second-order valence-electron chi connectivity index (χ2n) is 5.00. The molecule has 0 aliphatic rings. The minimum absolute atomic E-state index is 0.00450. The Morgan fingerprint density at radius 3 is 2.38 bits per heavy atom. The van der Waals surface area contributed by atoms with Crippen LogP contribution in [0.25, 0.3) is 0 Å². The van der Waals surface area contributed by atoms with E-state index in [4.69, 9.17) is 4.42 Å². The molecule has 1 atom stereocenters. The first-order chi connectivity index (χ1) is 9.99. The average molecular weight is 298 g/mol. The van der Waals surface area contributed by atoms with Crippen molar-refractivity contribution >= 4 is 0 Å². The lowest BCUT2D eigenvalue weighted by molar-refractivity contribution is 0.250. The maximum atomic E-state index is 13.1. The Labute approximate surface area is 121 Å². The summed E-state index contributed by atoms with van der Waals surface area (Å²) in [5, 5.41) is 3.09. The van der Waals surface area contributed by atoms with Crippen LogP contribution in [0.5, 0.6) is 0 Å². The largest absolute Gasteiger partial charge is 0.468 e. The van der Waals surface area contributed by atoms with E-state index in [-0.39, 0.29) is 12.6 Å². The zero-order valence-electron chi connectivity index (χ0n) is 11.9. The Bertz CT molecular complexity index is 562. The molecule has 1 heterocycles. The smallest absolute Gasteiger partial charge is 0.194 e. The van der Waals surface area contributed by atoms with Crippen molar-refractivity contribution in [1.29, 1.82) is 0 Å². The molecule has 0 fully saturated rings. The normalized spacial score (nSPS) is 12.9. The molecule has 0 saturated carbocycles. The number of nitrogens with one attached hydrogen (secondary N) is 1. The van der Waals surface area contributed by atoms with Gasteiger partial charge in [-0.1, -0.05) is 0 Å². The van der Waals surface area contributed by atoms with Gasteiger partial charge in [0, 0.05) is 13.1 Å². The second kappa shape index (κ2) is 6.78. The second-order valence-corrected chi connectivity index (χ2v) is 5.00. The number of benzene rings is 1. The summed E-state index contributed by atoms with van der Waals surface area (Å²) in [6, 6.07) is 5.64. The number of likely N-dealkylation sites (N-methyl/N-ethyl adjacent to an activating group) is 1. The van der Waals surface area contributed by atoms with Gasteiger partial charge in [0.25, 0.3) is 0 Å². The molecule has 1 aromatic carbocycles. The van der Waals surface area contributed by atoms with E-state index >= 15 is 0 Å². The van der Waals surface area contributed by atoms with Crippen molar-refractivity contribution in [2.24, 2.45) is 0 Å². The highest BCUT2D eigenvalue weighted by Crippen LogP contribution is 2.18. The van der Waals surface area contributed by atoms with E-state index in [1.165, 1.54) is 0 Å². The molecule has 3 nitrogen and oxygen atoms in total. The number of rotatable bonds is 6. The Balaban J connectivity index is 1.97. The summed E-state index contributed by atoms with van der Waals surface area (Å²) in [6.07, 6.45) is 1.59. The quantitative estimate of drug-likeness (QED) is 0.831. The Morgan fingerprint density at radius 2 is 1.86 bits per heavy atom. The van der Waals surface area contributed by atoms with Crippen molar-refractivity contribution in [3.8, 4) is 0 Å². The van der Waals surface area contributed by atoms with E-state index in [9.17, 15) is 13.2 Å². The Morgan fingerprint density at radius 1 is 1.19 bits per heavy atom. The summed E-state index contributed by atoms with van der Waals surface area (Å²) >= 11 is 0. The fraction of sp³-hybridized carbons (Fsp3) is 0.333. The molecular weight excluding hydrogens is 281 g/mol. The first-order valence-corrected chi connectivity index (χ1v) is 6.53. The molecule has 21 heavy (non-hydrogen) atoms. The standard InChI is InChI=1S/C15H17F3N2O/c1-20(2)13(14-4-3-5-21-14)9-19-8-10-6-11(16)15(18)12(17)7-10/h3-7,13,19H,8-9H2,1-2H3/t13-/m0/s1. The summed E-state index contributed by atoms with van der Waals surface area (Å²) in [4.78, 5) is 1.97. The molecule has 0 radical (unpaired) electrons. The van der Waals surface area contributed by atoms with Gasteiger partial charge in [-0.3, -0.25) is 4.90 Å². The van der Waals surface area contributed by atoms with Crippen LogP contribution in [0, 0.1) is 17.5 Å². The molecule has 2 aromatic rings. The van der Waals surface area contributed by atoms with E-state index in [0.29, 0.717) is 12.1 Å². The lowest BCUT2D eigenvalue weighted by Gasteiger charge is -2.22. The highest BCUT2D eigenvalue weighted by atomic mass is 19.2. The SMILES string of the molecule is CN(C)[C@@H](CNCc1cc(F)c(F)c(F)c1)c1ccco1. The summed E-state index contributed by atoms with van der Waals surface area (Å²) < 4.78 is 44.4. The molecule has 0 aliphatic carbocycles. The van der Waals surface area contributed by atoms with Gasteiger partial charge >= 0.3 is 0 Å². The van der Waals surface area contributed by atoms with Crippen LogP contribution in [0.15, 0.2) is 34.9 Å². The predicted octanol–water partition coefficient (Wildman–Crippen LogP) is 3.09. The molecule has 0 spiro atoms. The molecule has 6 heteroatoms. The topological polar surface area (TPSA) is 28.4 Å². The molecule has 0 saturated heterocycles. The van der Waals surface area contributed by atoms with Crippen molar-refractivity contribution in [1.82, 2.24) is 10.2 Å². The van der Waals surface area contributed by atoms with Gasteiger partial charge in [-0.05, 0) is 43.9 Å². The van der Waals surface area contributed by atoms with Crippen molar-refractivity contribution in [3.05, 3.63) is 59.3 Å². The van der Waals surface area contributed by atoms with E-state index in [1.54, 1.807) is 12.3 Å². The van der Waals surface area contributed by atoms with Gasteiger partial charge in [-0.15, -0.1) is 0 Å². The minimum atomic E-state index is -1.44. The van der Waals surface area contributed by atoms with Crippen LogP contribution in [-0.2, 0) is 6.54 Å².